The van der Waals surface area contributed by atoms with Gasteiger partial charge >= 0.3 is 5.97 Å². The molecule has 1 rings (SSSR count). The minimum Gasteiger partial charge on any atom is -0.482 e. The smallest absolute Gasteiger partial charge is 0.343 e. The molecule has 0 aromatic heterocycles. The van der Waals surface area contributed by atoms with Crippen molar-refractivity contribution in [1.82, 2.24) is 0 Å². The van der Waals surface area contributed by atoms with Gasteiger partial charge in [0.2, 0.25) is 0 Å². The third-order valence-corrected chi connectivity index (χ3v) is 2.48. The highest BCUT2D eigenvalue weighted by atomic mass is 79.9. The van der Waals surface area contributed by atoms with E-state index in [1.165, 1.54) is 13.2 Å². The summed E-state index contributed by atoms with van der Waals surface area (Å²) in [5.74, 6) is -0.559. The van der Waals surface area contributed by atoms with Crippen molar-refractivity contribution < 1.29 is 18.7 Å². The van der Waals surface area contributed by atoms with E-state index in [0.29, 0.717) is 15.8 Å². The first-order valence-corrected chi connectivity index (χ1v) is 4.99. The van der Waals surface area contributed by atoms with Crippen molar-refractivity contribution >= 4 is 21.9 Å². The van der Waals surface area contributed by atoms with Gasteiger partial charge in [-0.3, -0.25) is 0 Å². The van der Waals surface area contributed by atoms with E-state index in [-0.39, 0.29) is 6.61 Å². The zero-order valence-corrected chi connectivity index (χ0v) is 9.93. The maximum absolute atomic E-state index is 13.4. The van der Waals surface area contributed by atoms with Gasteiger partial charge in [0.05, 0.1) is 11.6 Å². The van der Waals surface area contributed by atoms with Gasteiger partial charge in [-0.05, 0) is 35.0 Å². The number of esters is 1. The Bertz CT molecular complexity index is 379. The summed E-state index contributed by atoms with van der Waals surface area (Å²) in [7, 11) is 1.26. The van der Waals surface area contributed by atoms with Crippen LogP contribution in [0.1, 0.15) is 5.56 Å². The number of benzene rings is 1. The molecule has 0 N–H and O–H groups in total. The van der Waals surface area contributed by atoms with E-state index >= 15 is 0 Å². The second-order valence-corrected chi connectivity index (χ2v) is 3.70. The summed E-state index contributed by atoms with van der Waals surface area (Å²) in [5, 5.41) is 0. The normalized spacial score (nSPS) is 9.87. The van der Waals surface area contributed by atoms with E-state index in [2.05, 4.69) is 20.7 Å². The fourth-order valence-electron chi connectivity index (χ4n) is 0.986. The second-order valence-electron chi connectivity index (χ2n) is 2.85. The van der Waals surface area contributed by atoms with Crippen LogP contribution in [0.4, 0.5) is 4.39 Å². The van der Waals surface area contributed by atoms with E-state index < -0.39 is 11.8 Å². The van der Waals surface area contributed by atoms with Crippen LogP contribution in [-0.4, -0.2) is 19.7 Å². The maximum Gasteiger partial charge on any atom is 0.343 e. The molecule has 3 nitrogen and oxygen atoms in total. The van der Waals surface area contributed by atoms with Gasteiger partial charge in [0, 0.05) is 5.56 Å². The topological polar surface area (TPSA) is 35.5 Å². The third-order valence-electron chi connectivity index (χ3n) is 1.86. The molecule has 0 saturated carbocycles. The summed E-state index contributed by atoms with van der Waals surface area (Å²) in [6.07, 6.45) is 0. The molecule has 0 atom stereocenters. The zero-order valence-electron chi connectivity index (χ0n) is 8.34. The van der Waals surface area contributed by atoms with Crippen LogP contribution in [0.25, 0.3) is 0 Å². The first-order chi connectivity index (χ1) is 7.06. The van der Waals surface area contributed by atoms with E-state index in [1.54, 1.807) is 13.0 Å². The minimum atomic E-state index is -0.502. The molecule has 0 fully saturated rings. The predicted octanol–water partition coefficient (Wildman–Crippen LogP) is 2.45. The highest BCUT2D eigenvalue weighted by molar-refractivity contribution is 9.10. The van der Waals surface area contributed by atoms with Gasteiger partial charge in [-0.15, -0.1) is 0 Å². The lowest BCUT2D eigenvalue weighted by Crippen LogP contribution is -2.13. The first-order valence-electron chi connectivity index (χ1n) is 4.20. The van der Waals surface area contributed by atoms with Gasteiger partial charge in [-0.2, -0.15) is 0 Å². The van der Waals surface area contributed by atoms with Gasteiger partial charge < -0.3 is 9.47 Å². The van der Waals surface area contributed by atoms with Crippen molar-refractivity contribution in [3.05, 3.63) is 28.0 Å². The first kappa shape index (κ1) is 12.0. The average molecular weight is 277 g/mol. The fraction of sp³-hybridized carbons (Fsp3) is 0.300. The van der Waals surface area contributed by atoms with Crippen LogP contribution in [0.2, 0.25) is 0 Å². The summed E-state index contributed by atoms with van der Waals surface area (Å²) in [5.41, 5.74) is 0.355. The molecule has 0 radical (unpaired) electrons. The molecule has 0 saturated heterocycles. The van der Waals surface area contributed by atoms with Crippen molar-refractivity contribution in [2.75, 3.05) is 13.7 Å². The molecule has 0 aliphatic carbocycles. The Kier molecular flexibility index (Phi) is 4.08. The largest absolute Gasteiger partial charge is 0.482 e. The molecule has 15 heavy (non-hydrogen) atoms. The molecule has 82 valence electrons. The van der Waals surface area contributed by atoms with E-state index in [4.69, 9.17) is 4.74 Å². The Morgan fingerprint density at radius 2 is 2.20 bits per heavy atom. The molecular formula is C10H10BrFO3. The standard InChI is InChI=1S/C10H10BrFO3/c1-6-8(15-5-9(13)14-2)4-3-7(11)10(6)12/h3-4H,5H2,1-2H3. The van der Waals surface area contributed by atoms with Gasteiger partial charge in [-0.1, -0.05) is 0 Å². The lowest BCUT2D eigenvalue weighted by atomic mass is 10.2. The van der Waals surface area contributed by atoms with E-state index in [9.17, 15) is 9.18 Å². The predicted molar refractivity (Wildman–Crippen MR) is 56.3 cm³/mol. The molecule has 0 spiro atoms. The lowest BCUT2D eigenvalue weighted by Gasteiger charge is -2.09. The molecule has 0 aliphatic heterocycles. The van der Waals surface area contributed by atoms with Crippen LogP contribution in [0.3, 0.4) is 0 Å². The zero-order chi connectivity index (χ0) is 11.4. The molecular weight excluding hydrogens is 267 g/mol. The number of hydrogen-bond acceptors (Lipinski definition) is 3. The number of halogens is 2. The molecule has 0 heterocycles. The summed E-state index contributed by atoms with van der Waals surface area (Å²) in [6.45, 7) is 1.35. The molecule has 5 heteroatoms. The number of carbonyl (C=O) groups excluding carboxylic acids is 1. The Morgan fingerprint density at radius 3 is 2.80 bits per heavy atom. The van der Waals surface area contributed by atoms with Crippen LogP contribution < -0.4 is 4.74 Å². The summed E-state index contributed by atoms with van der Waals surface area (Å²) in [4.78, 5) is 10.8. The van der Waals surface area contributed by atoms with Crippen LogP contribution in [0.15, 0.2) is 16.6 Å². The minimum absolute atomic E-state index is 0.224. The van der Waals surface area contributed by atoms with Crippen LogP contribution in [0.5, 0.6) is 5.75 Å². The number of rotatable bonds is 3. The SMILES string of the molecule is COC(=O)COc1ccc(Br)c(F)c1C. The number of methoxy groups -OCH3 is 1. The highest BCUT2D eigenvalue weighted by Crippen LogP contribution is 2.26. The molecule has 0 unspecified atom stereocenters. The quantitative estimate of drug-likeness (QED) is 0.796. The highest BCUT2D eigenvalue weighted by Gasteiger charge is 2.10. The molecule has 0 aliphatic rings. The fourth-order valence-corrected chi connectivity index (χ4v) is 1.42. The molecule has 1 aromatic carbocycles. The van der Waals surface area contributed by atoms with Gasteiger partial charge in [0.1, 0.15) is 11.6 Å². The van der Waals surface area contributed by atoms with Crippen LogP contribution in [-0.2, 0) is 9.53 Å². The Hall–Kier alpha value is -1.10. The lowest BCUT2D eigenvalue weighted by molar-refractivity contribution is -0.142. The Labute approximate surface area is 95.3 Å². The number of ether oxygens (including phenoxy) is 2. The second kappa shape index (κ2) is 5.11. The van der Waals surface area contributed by atoms with Crippen molar-refractivity contribution in [3.63, 3.8) is 0 Å². The summed E-state index contributed by atoms with van der Waals surface area (Å²) in [6, 6.07) is 3.11. The van der Waals surface area contributed by atoms with Gasteiger partial charge in [0.25, 0.3) is 0 Å². The monoisotopic (exact) mass is 276 g/mol. The Morgan fingerprint density at radius 1 is 1.53 bits per heavy atom. The van der Waals surface area contributed by atoms with E-state index in [0.717, 1.165) is 0 Å². The number of carbonyl (C=O) groups is 1. The Balaban J connectivity index is 2.78. The average Bonchev–Trinajstić information content (AvgIpc) is 2.24. The van der Waals surface area contributed by atoms with Crippen molar-refractivity contribution in [2.24, 2.45) is 0 Å². The maximum atomic E-state index is 13.4. The van der Waals surface area contributed by atoms with Crippen LogP contribution in [0, 0.1) is 12.7 Å². The number of hydrogen-bond donors (Lipinski definition) is 0. The molecule has 1 aromatic rings. The van der Waals surface area contributed by atoms with Gasteiger partial charge in [-0.25, -0.2) is 9.18 Å². The van der Waals surface area contributed by atoms with Crippen molar-refractivity contribution in [3.8, 4) is 5.75 Å². The van der Waals surface area contributed by atoms with Gasteiger partial charge in [0.15, 0.2) is 6.61 Å². The van der Waals surface area contributed by atoms with E-state index in [1.807, 2.05) is 0 Å². The molecule has 0 amide bonds. The summed E-state index contributed by atoms with van der Waals surface area (Å²) < 4.78 is 23.2. The summed E-state index contributed by atoms with van der Waals surface area (Å²) >= 11 is 3.05. The van der Waals surface area contributed by atoms with Crippen molar-refractivity contribution in [2.45, 2.75) is 6.92 Å². The van der Waals surface area contributed by atoms with Crippen LogP contribution >= 0.6 is 15.9 Å². The molecule has 0 bridgehead atoms. The third kappa shape index (κ3) is 2.92. The van der Waals surface area contributed by atoms with Crippen molar-refractivity contribution in [1.29, 1.82) is 0 Å².